The molecule has 2 heterocycles. The third-order valence-corrected chi connectivity index (χ3v) is 4.12. The summed E-state index contributed by atoms with van der Waals surface area (Å²) >= 11 is 0. The third kappa shape index (κ3) is 2.55. The minimum absolute atomic E-state index is 0.929. The number of nitrogens with zero attached hydrogens (tertiary/aromatic N) is 1. The van der Waals surface area contributed by atoms with Gasteiger partial charge in [0.25, 0.3) is 0 Å². The molecule has 2 aliphatic rings. The highest BCUT2D eigenvalue weighted by molar-refractivity contribution is 5.62. The Labute approximate surface area is 115 Å². The molecule has 0 aromatic heterocycles. The first-order valence-electron chi connectivity index (χ1n) is 7.25. The summed E-state index contributed by atoms with van der Waals surface area (Å²) < 4.78 is 5.51. The van der Waals surface area contributed by atoms with Crippen LogP contribution in [0.2, 0.25) is 0 Å². The zero-order chi connectivity index (χ0) is 13.1. The summed E-state index contributed by atoms with van der Waals surface area (Å²) in [6.07, 6.45) is 2.32. The molecule has 2 aliphatic heterocycles. The first-order valence-corrected chi connectivity index (χ1v) is 7.25. The van der Waals surface area contributed by atoms with Crippen LogP contribution in [0, 0.1) is 0 Å². The Bertz CT molecular complexity index is 439. The molecule has 0 spiro atoms. The van der Waals surface area contributed by atoms with Crippen LogP contribution in [-0.2, 0) is 13.0 Å². The minimum Gasteiger partial charge on any atom is -0.496 e. The van der Waals surface area contributed by atoms with Gasteiger partial charge < -0.3 is 20.3 Å². The van der Waals surface area contributed by atoms with E-state index in [9.17, 15) is 0 Å². The van der Waals surface area contributed by atoms with Gasteiger partial charge in [0.15, 0.2) is 0 Å². The zero-order valence-electron chi connectivity index (χ0n) is 11.7. The van der Waals surface area contributed by atoms with Crippen LogP contribution in [0.1, 0.15) is 17.5 Å². The number of fused-ring (bicyclic) bond motifs is 1. The van der Waals surface area contributed by atoms with Crippen molar-refractivity contribution >= 4 is 5.69 Å². The molecule has 3 rings (SSSR count). The molecule has 104 valence electrons. The van der Waals surface area contributed by atoms with Gasteiger partial charge in [-0.1, -0.05) is 0 Å². The van der Waals surface area contributed by atoms with E-state index in [0.717, 1.165) is 51.4 Å². The molecule has 0 unspecified atom stereocenters. The average Bonchev–Trinajstić information content (AvgIpc) is 2.75. The van der Waals surface area contributed by atoms with Crippen molar-refractivity contribution < 1.29 is 4.74 Å². The number of benzene rings is 1. The van der Waals surface area contributed by atoms with E-state index < -0.39 is 0 Å². The maximum Gasteiger partial charge on any atom is 0.123 e. The number of nitrogens with one attached hydrogen (secondary N) is 2. The largest absolute Gasteiger partial charge is 0.496 e. The molecule has 0 aliphatic carbocycles. The molecular formula is C15H23N3O. The van der Waals surface area contributed by atoms with Crippen molar-refractivity contribution in [1.29, 1.82) is 0 Å². The van der Waals surface area contributed by atoms with Gasteiger partial charge in [0.1, 0.15) is 5.75 Å². The maximum absolute atomic E-state index is 5.51. The van der Waals surface area contributed by atoms with Gasteiger partial charge in [0, 0.05) is 37.4 Å². The molecule has 1 saturated heterocycles. The van der Waals surface area contributed by atoms with Crippen molar-refractivity contribution in [3.63, 3.8) is 0 Å². The predicted octanol–water partition coefficient (Wildman–Crippen LogP) is 1.14. The van der Waals surface area contributed by atoms with Crippen LogP contribution in [0.15, 0.2) is 12.1 Å². The lowest BCUT2D eigenvalue weighted by Crippen LogP contribution is -2.31. The van der Waals surface area contributed by atoms with Crippen LogP contribution in [0.4, 0.5) is 5.69 Å². The van der Waals surface area contributed by atoms with Gasteiger partial charge in [0.05, 0.1) is 7.11 Å². The van der Waals surface area contributed by atoms with Crippen LogP contribution in [0.5, 0.6) is 5.75 Å². The zero-order valence-corrected chi connectivity index (χ0v) is 11.7. The minimum atomic E-state index is 0.929. The molecule has 0 radical (unpaired) electrons. The van der Waals surface area contributed by atoms with Crippen molar-refractivity contribution in [2.75, 3.05) is 44.7 Å². The van der Waals surface area contributed by atoms with Gasteiger partial charge in [-0.05, 0) is 43.6 Å². The van der Waals surface area contributed by atoms with Crippen molar-refractivity contribution in [1.82, 2.24) is 10.6 Å². The molecule has 0 saturated carbocycles. The SMILES string of the molecule is COc1ccc(N2CCCNCC2)c2c1CNCC2. The number of rotatable bonds is 2. The van der Waals surface area contributed by atoms with Crippen molar-refractivity contribution in [3.8, 4) is 5.75 Å². The van der Waals surface area contributed by atoms with Gasteiger partial charge in [-0.2, -0.15) is 0 Å². The Balaban J connectivity index is 1.96. The van der Waals surface area contributed by atoms with Crippen molar-refractivity contribution in [2.45, 2.75) is 19.4 Å². The topological polar surface area (TPSA) is 36.5 Å². The lowest BCUT2D eigenvalue weighted by molar-refractivity contribution is 0.404. The van der Waals surface area contributed by atoms with Crippen molar-refractivity contribution in [2.24, 2.45) is 0 Å². The summed E-state index contributed by atoms with van der Waals surface area (Å²) in [7, 11) is 1.76. The maximum atomic E-state index is 5.51. The predicted molar refractivity (Wildman–Crippen MR) is 78.1 cm³/mol. The van der Waals surface area contributed by atoms with Gasteiger partial charge >= 0.3 is 0 Å². The third-order valence-electron chi connectivity index (χ3n) is 4.12. The van der Waals surface area contributed by atoms with Crippen LogP contribution < -0.4 is 20.3 Å². The quantitative estimate of drug-likeness (QED) is 0.837. The number of hydrogen-bond donors (Lipinski definition) is 2. The molecule has 4 heteroatoms. The molecule has 0 bridgehead atoms. The number of methoxy groups -OCH3 is 1. The fourth-order valence-electron chi connectivity index (χ4n) is 3.13. The molecule has 2 N–H and O–H groups in total. The standard InChI is InChI=1S/C15H23N3O/c1-19-15-4-3-14(12-5-7-17-11-13(12)15)18-9-2-6-16-8-10-18/h3-4,16-17H,2,5-11H2,1H3. The Morgan fingerprint density at radius 2 is 2.00 bits per heavy atom. The first kappa shape index (κ1) is 12.8. The number of hydrogen-bond acceptors (Lipinski definition) is 4. The first-order chi connectivity index (χ1) is 9.40. The summed E-state index contributed by atoms with van der Waals surface area (Å²) in [6, 6.07) is 4.37. The Morgan fingerprint density at radius 1 is 1.05 bits per heavy atom. The highest BCUT2D eigenvalue weighted by Crippen LogP contribution is 2.33. The number of anilines is 1. The highest BCUT2D eigenvalue weighted by Gasteiger charge is 2.21. The van der Waals surface area contributed by atoms with Crippen LogP contribution in [0.3, 0.4) is 0 Å². The molecule has 0 amide bonds. The Morgan fingerprint density at radius 3 is 2.89 bits per heavy atom. The van der Waals surface area contributed by atoms with E-state index in [1.807, 2.05) is 0 Å². The van der Waals surface area contributed by atoms with Crippen molar-refractivity contribution in [3.05, 3.63) is 23.3 Å². The summed E-state index contributed by atoms with van der Waals surface area (Å²) in [5.41, 5.74) is 4.25. The second kappa shape index (κ2) is 5.80. The average molecular weight is 261 g/mol. The fraction of sp³-hybridized carbons (Fsp3) is 0.600. The van der Waals surface area contributed by atoms with Crippen LogP contribution in [-0.4, -0.2) is 39.8 Å². The summed E-state index contributed by atoms with van der Waals surface area (Å²) in [4.78, 5) is 2.53. The molecule has 19 heavy (non-hydrogen) atoms. The molecule has 1 aromatic carbocycles. The highest BCUT2D eigenvalue weighted by atomic mass is 16.5. The van der Waals surface area contributed by atoms with Gasteiger partial charge in [-0.15, -0.1) is 0 Å². The molecule has 1 aromatic rings. The molecule has 1 fully saturated rings. The van der Waals surface area contributed by atoms with E-state index >= 15 is 0 Å². The van der Waals surface area contributed by atoms with Crippen LogP contribution >= 0.6 is 0 Å². The second-order valence-corrected chi connectivity index (χ2v) is 5.26. The lowest BCUT2D eigenvalue weighted by atomic mass is 9.97. The van der Waals surface area contributed by atoms with E-state index in [0.29, 0.717) is 0 Å². The summed E-state index contributed by atoms with van der Waals surface area (Å²) in [6.45, 7) is 6.47. The molecular weight excluding hydrogens is 238 g/mol. The van der Waals surface area contributed by atoms with E-state index in [1.165, 1.54) is 23.2 Å². The summed E-state index contributed by atoms with van der Waals surface area (Å²) in [5.74, 6) is 1.03. The van der Waals surface area contributed by atoms with Gasteiger partial charge in [-0.25, -0.2) is 0 Å². The lowest BCUT2D eigenvalue weighted by Gasteiger charge is -2.30. The van der Waals surface area contributed by atoms with Gasteiger partial charge in [-0.3, -0.25) is 0 Å². The smallest absolute Gasteiger partial charge is 0.123 e. The number of ether oxygens (including phenoxy) is 1. The summed E-state index contributed by atoms with van der Waals surface area (Å²) in [5, 5.41) is 6.92. The Kier molecular flexibility index (Phi) is 3.89. The van der Waals surface area contributed by atoms with Gasteiger partial charge in [0.2, 0.25) is 0 Å². The van der Waals surface area contributed by atoms with E-state index in [4.69, 9.17) is 4.74 Å². The van der Waals surface area contributed by atoms with Crippen LogP contribution in [0.25, 0.3) is 0 Å². The van der Waals surface area contributed by atoms with E-state index in [2.05, 4.69) is 27.7 Å². The monoisotopic (exact) mass is 261 g/mol. The van der Waals surface area contributed by atoms with E-state index in [1.54, 1.807) is 7.11 Å². The molecule has 0 atom stereocenters. The van der Waals surface area contributed by atoms with E-state index in [-0.39, 0.29) is 0 Å². The fourth-order valence-corrected chi connectivity index (χ4v) is 3.13. The normalized spacial score (nSPS) is 19.7. The Hall–Kier alpha value is -1.26. The molecule has 4 nitrogen and oxygen atoms in total. The second-order valence-electron chi connectivity index (χ2n) is 5.26.